The van der Waals surface area contributed by atoms with Gasteiger partial charge in [-0.25, -0.2) is 9.50 Å². The molecule has 3 aromatic rings. The maximum Gasteiger partial charge on any atom is 0.162 e. The third-order valence-electron chi connectivity index (χ3n) is 3.33. The van der Waals surface area contributed by atoms with Crippen molar-refractivity contribution in [2.75, 3.05) is 0 Å². The Kier molecular flexibility index (Phi) is 3.20. The molecule has 0 saturated heterocycles. The second kappa shape index (κ2) is 5.17. The van der Waals surface area contributed by atoms with Gasteiger partial charge in [0.1, 0.15) is 6.33 Å². The van der Waals surface area contributed by atoms with Gasteiger partial charge in [-0.2, -0.15) is 10.4 Å². The monoisotopic (exact) mass is 276 g/mol. The lowest BCUT2D eigenvalue weighted by molar-refractivity contribution is 0.0988. The van der Waals surface area contributed by atoms with E-state index in [1.165, 1.54) is 6.33 Å². The predicted octanol–water partition coefficient (Wildman–Crippen LogP) is 2.86. The van der Waals surface area contributed by atoms with E-state index in [2.05, 4.69) is 16.2 Å². The molecule has 0 aliphatic rings. The molecule has 0 amide bonds. The molecule has 102 valence electrons. The zero-order valence-corrected chi connectivity index (χ0v) is 11.4. The molecule has 5 nitrogen and oxygen atoms in total. The number of benzene rings is 1. The van der Waals surface area contributed by atoms with E-state index in [1.54, 1.807) is 22.7 Å². The Morgan fingerprint density at radius 2 is 2.05 bits per heavy atom. The fourth-order valence-corrected chi connectivity index (χ4v) is 2.21. The minimum atomic E-state index is 0.0652. The summed E-state index contributed by atoms with van der Waals surface area (Å²) in [6.07, 6.45) is 1.90. The van der Waals surface area contributed by atoms with Crippen LogP contribution in [0.1, 0.15) is 29.3 Å². The molecular weight excluding hydrogens is 264 g/mol. The average molecular weight is 276 g/mol. The van der Waals surface area contributed by atoms with Crippen molar-refractivity contribution >= 4 is 11.4 Å². The number of carbonyl (C=O) groups excluding carboxylic acids is 1. The largest absolute Gasteiger partial charge is 0.294 e. The van der Waals surface area contributed by atoms with Gasteiger partial charge in [0.15, 0.2) is 11.4 Å². The lowest BCUT2D eigenvalue weighted by atomic mass is 10.0. The van der Waals surface area contributed by atoms with Gasteiger partial charge >= 0.3 is 0 Å². The predicted molar refractivity (Wildman–Crippen MR) is 77.8 cm³/mol. The van der Waals surface area contributed by atoms with Gasteiger partial charge in [-0.3, -0.25) is 4.79 Å². The quantitative estimate of drug-likeness (QED) is 0.690. The first-order valence-corrected chi connectivity index (χ1v) is 6.60. The third-order valence-corrected chi connectivity index (χ3v) is 3.33. The molecule has 0 bridgehead atoms. The van der Waals surface area contributed by atoms with E-state index in [-0.39, 0.29) is 5.78 Å². The highest BCUT2D eigenvalue weighted by molar-refractivity contribution is 5.97. The van der Waals surface area contributed by atoms with Crippen LogP contribution in [0.3, 0.4) is 0 Å². The summed E-state index contributed by atoms with van der Waals surface area (Å²) in [5.74, 6) is 0.0652. The molecule has 0 fully saturated rings. The third kappa shape index (κ3) is 2.28. The van der Waals surface area contributed by atoms with Crippen molar-refractivity contribution in [3.05, 3.63) is 53.9 Å². The molecule has 0 radical (unpaired) electrons. The lowest BCUT2D eigenvalue weighted by Crippen LogP contribution is -2.02. The number of carbonyl (C=O) groups is 1. The number of pyridine rings is 1. The molecule has 0 atom stereocenters. The Bertz CT molecular complexity index is 856. The zero-order valence-electron chi connectivity index (χ0n) is 11.4. The van der Waals surface area contributed by atoms with Crippen LogP contribution in [0.4, 0.5) is 0 Å². The van der Waals surface area contributed by atoms with Crippen LogP contribution in [0, 0.1) is 11.3 Å². The van der Waals surface area contributed by atoms with Crippen molar-refractivity contribution in [1.29, 1.82) is 5.26 Å². The van der Waals surface area contributed by atoms with Crippen LogP contribution in [0.25, 0.3) is 16.9 Å². The van der Waals surface area contributed by atoms with Crippen LogP contribution in [0.5, 0.6) is 0 Å². The first kappa shape index (κ1) is 13.0. The second-order valence-electron chi connectivity index (χ2n) is 4.63. The summed E-state index contributed by atoms with van der Waals surface area (Å²) in [5.41, 5.74) is 3.52. The number of hydrogen-bond acceptors (Lipinski definition) is 4. The molecule has 21 heavy (non-hydrogen) atoms. The number of Topliss-reactive ketones (excluding diaryl/α,β-unsaturated/α-hetero) is 1. The maximum absolute atomic E-state index is 12.0. The Morgan fingerprint density at radius 1 is 1.29 bits per heavy atom. The fraction of sp³-hybridized carbons (Fsp3) is 0.125. The van der Waals surface area contributed by atoms with Crippen molar-refractivity contribution in [3.63, 3.8) is 0 Å². The van der Waals surface area contributed by atoms with Crippen molar-refractivity contribution in [1.82, 2.24) is 14.6 Å². The molecule has 1 aromatic carbocycles. The van der Waals surface area contributed by atoms with E-state index in [0.717, 1.165) is 11.3 Å². The Hall–Kier alpha value is -3.00. The van der Waals surface area contributed by atoms with Gasteiger partial charge in [0.2, 0.25) is 0 Å². The van der Waals surface area contributed by atoms with Gasteiger partial charge in [0.25, 0.3) is 0 Å². The summed E-state index contributed by atoms with van der Waals surface area (Å²) in [6, 6.07) is 12.8. The molecule has 3 rings (SSSR count). The van der Waals surface area contributed by atoms with E-state index in [0.29, 0.717) is 23.2 Å². The summed E-state index contributed by atoms with van der Waals surface area (Å²) in [6.45, 7) is 1.83. The maximum atomic E-state index is 12.0. The summed E-state index contributed by atoms with van der Waals surface area (Å²) < 4.78 is 1.69. The zero-order chi connectivity index (χ0) is 14.8. The fourth-order valence-electron chi connectivity index (χ4n) is 2.21. The molecule has 2 aromatic heterocycles. The molecule has 0 spiro atoms. The first-order valence-electron chi connectivity index (χ1n) is 6.60. The van der Waals surface area contributed by atoms with Crippen LogP contribution >= 0.6 is 0 Å². The number of aromatic nitrogens is 3. The average Bonchev–Trinajstić information content (AvgIpc) is 3.01. The Morgan fingerprint density at radius 3 is 2.71 bits per heavy atom. The molecule has 0 N–H and O–H groups in total. The summed E-state index contributed by atoms with van der Waals surface area (Å²) in [4.78, 5) is 16.1. The first-order chi connectivity index (χ1) is 10.2. The van der Waals surface area contributed by atoms with Crippen LogP contribution in [-0.4, -0.2) is 20.4 Å². The lowest BCUT2D eigenvalue weighted by Gasteiger charge is -2.07. The standard InChI is InChI=1S/C16H12N4O/c1-2-15(21)13-7-14(20-16(8-13)18-10-19-20)12-5-3-11(9-17)4-6-12/h3-8,10H,2H2,1H3. The van der Waals surface area contributed by atoms with Gasteiger partial charge < -0.3 is 0 Å². The van der Waals surface area contributed by atoms with Gasteiger partial charge in [-0.15, -0.1) is 0 Å². The van der Waals surface area contributed by atoms with Crippen LogP contribution < -0.4 is 0 Å². The number of nitriles is 1. The van der Waals surface area contributed by atoms with E-state index in [1.807, 2.05) is 25.1 Å². The number of ketones is 1. The normalized spacial score (nSPS) is 10.5. The van der Waals surface area contributed by atoms with E-state index < -0.39 is 0 Å². The minimum absolute atomic E-state index is 0.0652. The molecular formula is C16H12N4O. The smallest absolute Gasteiger partial charge is 0.162 e. The SMILES string of the molecule is CCC(=O)c1cc(-c2ccc(C#N)cc2)n2ncnc2c1. The molecule has 5 heteroatoms. The summed E-state index contributed by atoms with van der Waals surface area (Å²) in [5, 5.41) is 13.1. The topological polar surface area (TPSA) is 71.0 Å². The van der Waals surface area contributed by atoms with Crippen LogP contribution in [-0.2, 0) is 0 Å². The van der Waals surface area contributed by atoms with Crippen LogP contribution in [0.15, 0.2) is 42.7 Å². The van der Waals surface area contributed by atoms with Crippen molar-refractivity contribution in [2.45, 2.75) is 13.3 Å². The van der Waals surface area contributed by atoms with E-state index in [9.17, 15) is 4.79 Å². The number of fused-ring (bicyclic) bond motifs is 1. The molecule has 2 heterocycles. The van der Waals surface area contributed by atoms with E-state index >= 15 is 0 Å². The highest BCUT2D eigenvalue weighted by atomic mass is 16.1. The van der Waals surface area contributed by atoms with Gasteiger partial charge in [-0.05, 0) is 24.3 Å². The van der Waals surface area contributed by atoms with Gasteiger partial charge in [0, 0.05) is 17.5 Å². The second-order valence-corrected chi connectivity index (χ2v) is 4.63. The molecule has 0 aliphatic heterocycles. The highest BCUT2D eigenvalue weighted by Crippen LogP contribution is 2.22. The molecule has 0 unspecified atom stereocenters. The van der Waals surface area contributed by atoms with E-state index in [4.69, 9.17) is 5.26 Å². The Balaban J connectivity index is 2.22. The number of nitrogens with zero attached hydrogens (tertiary/aromatic N) is 4. The highest BCUT2D eigenvalue weighted by Gasteiger charge is 2.12. The molecule has 0 saturated carbocycles. The van der Waals surface area contributed by atoms with Crippen LogP contribution in [0.2, 0.25) is 0 Å². The van der Waals surface area contributed by atoms with Crippen molar-refractivity contribution in [3.8, 4) is 17.3 Å². The number of hydrogen-bond donors (Lipinski definition) is 0. The Labute approximate surface area is 121 Å². The van der Waals surface area contributed by atoms with Crippen molar-refractivity contribution < 1.29 is 4.79 Å². The minimum Gasteiger partial charge on any atom is -0.294 e. The van der Waals surface area contributed by atoms with Crippen molar-refractivity contribution in [2.24, 2.45) is 0 Å². The number of rotatable bonds is 3. The van der Waals surface area contributed by atoms with Gasteiger partial charge in [0.05, 0.1) is 17.3 Å². The summed E-state index contributed by atoms with van der Waals surface area (Å²) in [7, 11) is 0. The molecule has 0 aliphatic carbocycles. The van der Waals surface area contributed by atoms with Gasteiger partial charge in [-0.1, -0.05) is 19.1 Å². The summed E-state index contributed by atoms with van der Waals surface area (Å²) >= 11 is 0.